The van der Waals surface area contributed by atoms with Gasteiger partial charge in [-0.2, -0.15) is 0 Å². The topological polar surface area (TPSA) is 18.5 Å². The van der Waals surface area contributed by atoms with Crippen LogP contribution in [-0.2, 0) is 9.47 Å². The molecule has 0 aromatic carbocycles. The molecule has 0 saturated heterocycles. The van der Waals surface area contributed by atoms with Gasteiger partial charge in [0.25, 0.3) is 0 Å². The summed E-state index contributed by atoms with van der Waals surface area (Å²) in [4.78, 5) is 0. The number of hydrogen-bond donors (Lipinski definition) is 0. The van der Waals surface area contributed by atoms with E-state index in [1.807, 2.05) is 13.8 Å². The van der Waals surface area contributed by atoms with Crippen LogP contribution in [-0.4, -0.2) is 28.6 Å². The predicted molar refractivity (Wildman–Crippen MR) is 50.7 cm³/mol. The summed E-state index contributed by atoms with van der Waals surface area (Å²) < 4.78 is 10.8. The molecular weight excluding hydrogens is 156 g/mol. The molecule has 0 aromatic heterocycles. The second-order valence-electron chi connectivity index (χ2n) is 2.48. The summed E-state index contributed by atoms with van der Waals surface area (Å²) >= 11 is 0. The van der Waals surface area contributed by atoms with Gasteiger partial charge in [0.2, 0.25) is 0 Å². The van der Waals surface area contributed by atoms with Gasteiger partial charge in [-0.3, -0.25) is 0 Å². The van der Waals surface area contributed by atoms with E-state index in [9.17, 15) is 0 Å². The van der Waals surface area contributed by atoms with Crippen LogP contribution in [0.15, 0.2) is 0 Å². The molecule has 0 aliphatic heterocycles. The third kappa shape index (κ3) is 6.53. The lowest BCUT2D eigenvalue weighted by Gasteiger charge is -2.15. The maximum atomic E-state index is 5.42. The van der Waals surface area contributed by atoms with E-state index in [0.717, 1.165) is 13.2 Å². The van der Waals surface area contributed by atoms with E-state index in [-0.39, 0.29) is 15.4 Å². The van der Waals surface area contributed by atoms with E-state index in [1.165, 1.54) is 12.5 Å². The Morgan fingerprint density at radius 3 is 2.00 bits per heavy atom. The lowest BCUT2D eigenvalue weighted by Crippen LogP contribution is -2.24. The summed E-state index contributed by atoms with van der Waals surface area (Å²) in [6.07, 6.45) is 1.27. The fourth-order valence-electron chi connectivity index (χ4n) is 0.957. The highest BCUT2D eigenvalue weighted by Gasteiger charge is 2.06. The summed E-state index contributed by atoms with van der Waals surface area (Å²) in [7, 11) is -0.141. The quantitative estimate of drug-likeness (QED) is 0.430. The van der Waals surface area contributed by atoms with Crippen molar-refractivity contribution >= 4 is 9.52 Å². The van der Waals surface area contributed by atoms with E-state index >= 15 is 0 Å². The monoisotopic (exact) mass is 176 g/mol. The van der Waals surface area contributed by atoms with E-state index in [2.05, 4.69) is 6.92 Å². The summed E-state index contributed by atoms with van der Waals surface area (Å²) in [6.45, 7) is 7.81. The molecule has 68 valence electrons. The maximum Gasteiger partial charge on any atom is 0.134 e. The highest BCUT2D eigenvalue weighted by molar-refractivity contribution is 6.36. The molecule has 0 rings (SSSR count). The molecule has 0 saturated carbocycles. The lowest BCUT2D eigenvalue weighted by molar-refractivity contribution is -0.0827. The molecule has 0 N–H and O–H groups in total. The normalized spacial score (nSPS) is 12.0. The molecule has 0 unspecified atom stereocenters. The first-order valence-electron chi connectivity index (χ1n) is 4.58. The van der Waals surface area contributed by atoms with Gasteiger partial charge in [-0.05, 0) is 13.8 Å². The first-order chi connectivity index (χ1) is 5.35. The minimum Gasteiger partial charge on any atom is -0.357 e. The summed E-state index contributed by atoms with van der Waals surface area (Å²) in [5.74, 6) is 0.171. The molecule has 0 aromatic rings. The Morgan fingerprint density at radius 1 is 1.09 bits per heavy atom. The molecule has 0 spiro atoms. The van der Waals surface area contributed by atoms with Crippen molar-refractivity contribution in [2.75, 3.05) is 13.2 Å². The maximum absolute atomic E-state index is 5.42. The zero-order chi connectivity index (χ0) is 8.53. The van der Waals surface area contributed by atoms with Crippen LogP contribution >= 0.6 is 0 Å². The minimum absolute atomic E-state index is 0.141. The Hall–Kier alpha value is 0.137. The molecule has 0 amide bonds. The van der Waals surface area contributed by atoms with E-state index < -0.39 is 0 Å². The predicted octanol–water partition coefficient (Wildman–Crippen LogP) is 1.34. The number of hydrogen-bond acceptors (Lipinski definition) is 2. The van der Waals surface area contributed by atoms with Crippen molar-refractivity contribution in [2.45, 2.75) is 39.1 Å². The Bertz CT molecular complexity index is 72.5. The summed E-state index contributed by atoms with van der Waals surface area (Å²) in [5.41, 5.74) is 0. The smallest absolute Gasteiger partial charge is 0.134 e. The minimum atomic E-state index is -0.141. The average Bonchev–Trinajstić information content (AvgIpc) is 2.01. The standard InChI is InChI=1S/C8H20O2Si/c1-4-7-11-8(9-5-2)10-6-3/h8H,4-7,11H2,1-3H3. The van der Waals surface area contributed by atoms with Gasteiger partial charge in [-0.1, -0.05) is 19.4 Å². The highest BCUT2D eigenvalue weighted by Crippen LogP contribution is 1.97. The summed E-state index contributed by atoms with van der Waals surface area (Å²) in [5, 5.41) is 0. The Morgan fingerprint density at radius 2 is 1.64 bits per heavy atom. The fourth-order valence-corrected chi connectivity index (χ4v) is 2.50. The second kappa shape index (κ2) is 8.24. The molecular formula is C8H20O2Si. The van der Waals surface area contributed by atoms with Gasteiger partial charge in [-0.25, -0.2) is 0 Å². The molecule has 0 aliphatic carbocycles. The van der Waals surface area contributed by atoms with Gasteiger partial charge in [0, 0.05) is 13.2 Å². The number of ether oxygens (including phenoxy) is 2. The molecule has 0 heterocycles. The van der Waals surface area contributed by atoms with Crippen LogP contribution in [0.25, 0.3) is 0 Å². The molecule has 0 aliphatic rings. The van der Waals surface area contributed by atoms with Gasteiger partial charge >= 0.3 is 0 Å². The zero-order valence-electron chi connectivity index (χ0n) is 7.93. The Kier molecular flexibility index (Phi) is 8.34. The van der Waals surface area contributed by atoms with E-state index in [0.29, 0.717) is 0 Å². The molecule has 11 heavy (non-hydrogen) atoms. The highest BCUT2D eigenvalue weighted by atomic mass is 28.2. The summed E-state index contributed by atoms with van der Waals surface area (Å²) in [6, 6.07) is 1.32. The largest absolute Gasteiger partial charge is 0.357 e. The van der Waals surface area contributed by atoms with Crippen molar-refractivity contribution < 1.29 is 9.47 Å². The van der Waals surface area contributed by atoms with Crippen LogP contribution in [0.3, 0.4) is 0 Å². The number of rotatable bonds is 7. The van der Waals surface area contributed by atoms with Gasteiger partial charge in [0.15, 0.2) is 0 Å². The lowest BCUT2D eigenvalue weighted by atomic mass is 10.6. The SMILES string of the molecule is CCC[SiH2]C(OCC)OCC. The van der Waals surface area contributed by atoms with Crippen molar-refractivity contribution in [2.24, 2.45) is 0 Å². The second-order valence-corrected chi connectivity index (χ2v) is 4.43. The van der Waals surface area contributed by atoms with Gasteiger partial charge in [-0.15, -0.1) is 0 Å². The fraction of sp³-hybridized carbons (Fsp3) is 1.00. The van der Waals surface area contributed by atoms with Crippen molar-refractivity contribution in [1.29, 1.82) is 0 Å². The van der Waals surface area contributed by atoms with E-state index in [1.54, 1.807) is 0 Å². The van der Waals surface area contributed by atoms with Crippen molar-refractivity contribution in [3.05, 3.63) is 0 Å². The third-order valence-electron chi connectivity index (χ3n) is 1.50. The van der Waals surface area contributed by atoms with Gasteiger partial charge in [0.1, 0.15) is 5.91 Å². The van der Waals surface area contributed by atoms with Crippen LogP contribution in [0.1, 0.15) is 27.2 Å². The first kappa shape index (κ1) is 11.1. The molecule has 2 nitrogen and oxygen atoms in total. The first-order valence-corrected chi connectivity index (χ1v) is 6.39. The molecule has 0 atom stereocenters. The van der Waals surface area contributed by atoms with Crippen LogP contribution in [0, 0.1) is 0 Å². The zero-order valence-corrected chi connectivity index (χ0v) is 9.34. The van der Waals surface area contributed by atoms with Crippen LogP contribution < -0.4 is 0 Å². The van der Waals surface area contributed by atoms with Crippen molar-refractivity contribution in [1.82, 2.24) is 0 Å². The Labute approximate surface area is 72.1 Å². The van der Waals surface area contributed by atoms with E-state index in [4.69, 9.17) is 9.47 Å². The van der Waals surface area contributed by atoms with Crippen LogP contribution in [0.2, 0.25) is 6.04 Å². The molecule has 0 fully saturated rings. The van der Waals surface area contributed by atoms with Crippen LogP contribution in [0.5, 0.6) is 0 Å². The molecule has 0 bridgehead atoms. The molecule has 3 heteroatoms. The average molecular weight is 176 g/mol. The van der Waals surface area contributed by atoms with Gasteiger partial charge in [0.05, 0.1) is 9.52 Å². The third-order valence-corrected chi connectivity index (χ3v) is 3.56. The van der Waals surface area contributed by atoms with Crippen molar-refractivity contribution in [3.8, 4) is 0 Å². The molecule has 0 radical (unpaired) electrons. The van der Waals surface area contributed by atoms with Gasteiger partial charge < -0.3 is 9.47 Å². The van der Waals surface area contributed by atoms with Crippen LogP contribution in [0.4, 0.5) is 0 Å². The Balaban J connectivity index is 3.34. The van der Waals surface area contributed by atoms with Crippen molar-refractivity contribution in [3.63, 3.8) is 0 Å².